The summed E-state index contributed by atoms with van der Waals surface area (Å²) in [7, 11) is 0. The van der Waals surface area contributed by atoms with Gasteiger partial charge in [-0.05, 0) is 12.1 Å². The van der Waals surface area contributed by atoms with E-state index in [2.05, 4.69) is 26.3 Å². The summed E-state index contributed by atoms with van der Waals surface area (Å²) in [6, 6.07) is 4.85. The Morgan fingerprint density at radius 1 is 0.762 bits per heavy atom. The summed E-state index contributed by atoms with van der Waals surface area (Å²) in [6.07, 6.45) is 0. The van der Waals surface area contributed by atoms with Crippen LogP contribution in [0.1, 0.15) is 21.0 Å². The van der Waals surface area contributed by atoms with Crippen molar-refractivity contribution in [1.82, 2.24) is 26.3 Å². The average Bonchev–Trinajstić information content (AvgIpc) is 2.48. The van der Waals surface area contributed by atoms with E-state index in [1.165, 1.54) is 0 Å². The zero-order valence-corrected chi connectivity index (χ0v) is 14.9. The maximum atomic E-state index is 11.9. The summed E-state index contributed by atoms with van der Waals surface area (Å²) in [5, 5.41) is 11.9. The van der Waals surface area contributed by atoms with Gasteiger partial charge in [-0.15, -0.1) is 0 Å². The van der Waals surface area contributed by atoms with Crippen molar-refractivity contribution in [1.29, 1.82) is 0 Å². The molecule has 108 valence electrons. The third kappa shape index (κ3) is 5.87. The summed E-state index contributed by atoms with van der Waals surface area (Å²) >= 11 is 0. The molecule has 1 aliphatic heterocycles. The van der Waals surface area contributed by atoms with Gasteiger partial charge in [0.25, 0.3) is 11.8 Å². The molecule has 0 unspecified atom stereocenters. The van der Waals surface area contributed by atoms with Gasteiger partial charge in [0.1, 0.15) is 11.4 Å². The summed E-state index contributed by atoms with van der Waals surface area (Å²) in [5.74, 6) is -0.538. The van der Waals surface area contributed by atoms with E-state index in [1.54, 1.807) is 18.2 Å². The third-order valence-corrected chi connectivity index (χ3v) is 2.87. The molecule has 21 heavy (non-hydrogen) atoms. The molecule has 1 aromatic heterocycles. The van der Waals surface area contributed by atoms with Crippen LogP contribution >= 0.6 is 0 Å². The van der Waals surface area contributed by atoms with Crippen LogP contribution in [0.5, 0.6) is 0 Å². The second-order valence-electron chi connectivity index (χ2n) is 4.42. The monoisotopic (exact) mass is 341 g/mol. The van der Waals surface area contributed by atoms with Crippen molar-refractivity contribution in [2.45, 2.75) is 0 Å². The number of nitrogens with one attached hydrogen (secondary N) is 4. The molecular formula is C13H19N5O2Zn+2. The van der Waals surface area contributed by atoms with E-state index in [0.717, 1.165) is 13.1 Å². The minimum absolute atomic E-state index is 0. The van der Waals surface area contributed by atoms with E-state index in [4.69, 9.17) is 0 Å². The first-order chi connectivity index (χ1) is 9.77. The number of pyridine rings is 1. The summed E-state index contributed by atoms with van der Waals surface area (Å²) in [6.45, 7) is 4.08. The first-order valence-electron chi connectivity index (χ1n) is 6.72. The molecule has 0 aliphatic carbocycles. The molecule has 0 atom stereocenters. The van der Waals surface area contributed by atoms with Crippen molar-refractivity contribution in [3.63, 3.8) is 0 Å². The zero-order valence-electron chi connectivity index (χ0n) is 11.9. The Morgan fingerprint density at radius 3 is 1.67 bits per heavy atom. The van der Waals surface area contributed by atoms with Crippen molar-refractivity contribution in [2.24, 2.45) is 0 Å². The van der Waals surface area contributed by atoms with Crippen LogP contribution in [0.4, 0.5) is 0 Å². The van der Waals surface area contributed by atoms with Crippen LogP contribution in [0.3, 0.4) is 0 Å². The van der Waals surface area contributed by atoms with Crippen LogP contribution in [0.2, 0.25) is 0 Å². The molecule has 0 fully saturated rings. The van der Waals surface area contributed by atoms with Crippen LogP contribution < -0.4 is 21.3 Å². The molecule has 7 nitrogen and oxygen atoms in total. The van der Waals surface area contributed by atoms with Gasteiger partial charge in [0.15, 0.2) is 0 Å². The molecule has 2 amide bonds. The number of hydrogen-bond acceptors (Lipinski definition) is 5. The zero-order chi connectivity index (χ0) is 14.2. The topological polar surface area (TPSA) is 95.1 Å². The van der Waals surface area contributed by atoms with Crippen LogP contribution in [0, 0.1) is 0 Å². The third-order valence-electron chi connectivity index (χ3n) is 2.87. The van der Waals surface area contributed by atoms with Gasteiger partial charge in [0.05, 0.1) is 0 Å². The molecule has 2 bridgehead atoms. The van der Waals surface area contributed by atoms with Gasteiger partial charge >= 0.3 is 19.5 Å². The van der Waals surface area contributed by atoms with Gasteiger partial charge in [-0.2, -0.15) is 0 Å². The van der Waals surface area contributed by atoms with E-state index in [9.17, 15) is 9.59 Å². The second kappa shape index (κ2) is 9.55. The number of fused-ring (bicyclic) bond motifs is 2. The van der Waals surface area contributed by atoms with Crippen molar-refractivity contribution in [3.8, 4) is 0 Å². The average molecular weight is 343 g/mol. The van der Waals surface area contributed by atoms with Gasteiger partial charge in [0, 0.05) is 39.3 Å². The molecule has 1 aromatic rings. The Hall–Kier alpha value is -1.37. The van der Waals surface area contributed by atoms with E-state index in [-0.39, 0.29) is 42.7 Å². The Balaban J connectivity index is 0.00000220. The van der Waals surface area contributed by atoms with E-state index < -0.39 is 0 Å². The summed E-state index contributed by atoms with van der Waals surface area (Å²) < 4.78 is 0. The van der Waals surface area contributed by atoms with Gasteiger partial charge in [-0.25, -0.2) is 4.98 Å². The van der Waals surface area contributed by atoms with Crippen LogP contribution in [0.25, 0.3) is 0 Å². The second-order valence-corrected chi connectivity index (χ2v) is 4.42. The van der Waals surface area contributed by atoms with Gasteiger partial charge in [-0.3, -0.25) is 9.59 Å². The number of rotatable bonds is 0. The molecule has 0 radical (unpaired) electrons. The normalized spacial score (nSPS) is 17.5. The Morgan fingerprint density at radius 2 is 1.19 bits per heavy atom. The van der Waals surface area contributed by atoms with E-state index in [0.29, 0.717) is 26.2 Å². The maximum absolute atomic E-state index is 11.9. The molecule has 0 spiro atoms. The van der Waals surface area contributed by atoms with Crippen molar-refractivity contribution in [2.75, 3.05) is 39.3 Å². The molecule has 8 heteroatoms. The van der Waals surface area contributed by atoms with Gasteiger partial charge < -0.3 is 21.3 Å². The molecule has 2 heterocycles. The SMILES string of the molecule is O=C1NCCNCCNCCNC(=O)c2cccc1n2.[Zn+2]. The summed E-state index contributed by atoms with van der Waals surface area (Å²) in [4.78, 5) is 27.8. The predicted octanol–water partition coefficient (Wildman–Crippen LogP) is -1.27. The van der Waals surface area contributed by atoms with Crippen molar-refractivity contribution < 1.29 is 29.1 Å². The minimum Gasteiger partial charge on any atom is -0.349 e. The van der Waals surface area contributed by atoms with E-state index in [1.807, 2.05) is 0 Å². The number of aromatic nitrogens is 1. The van der Waals surface area contributed by atoms with Crippen LogP contribution in [-0.2, 0) is 19.5 Å². The molecule has 0 aromatic carbocycles. The van der Waals surface area contributed by atoms with Gasteiger partial charge in [-0.1, -0.05) is 6.07 Å². The smallest absolute Gasteiger partial charge is 0.349 e. The number of nitrogens with zero attached hydrogens (tertiary/aromatic N) is 1. The van der Waals surface area contributed by atoms with E-state index >= 15 is 0 Å². The molecule has 0 saturated heterocycles. The number of amides is 2. The first kappa shape index (κ1) is 17.7. The minimum atomic E-state index is -0.269. The fourth-order valence-electron chi connectivity index (χ4n) is 1.82. The largest absolute Gasteiger partial charge is 2.00 e. The summed E-state index contributed by atoms with van der Waals surface area (Å²) in [5.41, 5.74) is 0.510. The fraction of sp³-hybridized carbons (Fsp3) is 0.462. The maximum Gasteiger partial charge on any atom is 2.00 e. The Kier molecular flexibility index (Phi) is 8.04. The number of carbonyl (C=O) groups excluding carboxylic acids is 2. The quantitative estimate of drug-likeness (QED) is 0.441. The Bertz CT molecular complexity index is 444. The predicted molar refractivity (Wildman–Crippen MR) is 74.6 cm³/mol. The standard InChI is InChI=1S/C13H19N5O2.Zn/c19-12-10-2-1-3-11(18-10)13(20)17-9-7-15-5-4-14-6-8-16-12;/h1-3,14-15H,4-9H2,(H,16,19)(H,17,20);/q;+2. The van der Waals surface area contributed by atoms with Gasteiger partial charge in [0.2, 0.25) is 0 Å². The molecule has 4 N–H and O–H groups in total. The molecule has 0 saturated carbocycles. The van der Waals surface area contributed by atoms with Crippen molar-refractivity contribution >= 4 is 11.8 Å². The van der Waals surface area contributed by atoms with Crippen LogP contribution in [0.15, 0.2) is 18.2 Å². The first-order valence-corrected chi connectivity index (χ1v) is 6.72. The van der Waals surface area contributed by atoms with Crippen LogP contribution in [-0.4, -0.2) is 56.1 Å². The number of hydrogen-bond donors (Lipinski definition) is 4. The molecule has 1 aliphatic rings. The molecular weight excluding hydrogens is 324 g/mol. The van der Waals surface area contributed by atoms with Crippen molar-refractivity contribution in [3.05, 3.63) is 29.6 Å². The number of carbonyl (C=O) groups is 2. The fourth-order valence-corrected chi connectivity index (χ4v) is 1.82. The molecule has 2 rings (SSSR count). The Labute approximate surface area is 136 Å².